The van der Waals surface area contributed by atoms with Crippen LogP contribution >= 0.6 is 0 Å². The van der Waals surface area contributed by atoms with E-state index in [1.54, 1.807) is 11.9 Å². The minimum Gasteiger partial charge on any atom is -0.468 e. The highest BCUT2D eigenvalue weighted by molar-refractivity contribution is 5.74. The second-order valence-corrected chi connectivity index (χ2v) is 2.80. The van der Waals surface area contributed by atoms with Crippen LogP contribution in [0.3, 0.4) is 0 Å². The SMILES string of the molecule is COC(=O)CN(C)c1cnc(C#N)cn1. The summed E-state index contributed by atoms with van der Waals surface area (Å²) in [7, 11) is 3.01. The highest BCUT2D eigenvalue weighted by Crippen LogP contribution is 2.05. The van der Waals surface area contributed by atoms with E-state index < -0.39 is 0 Å². The fraction of sp³-hybridized carbons (Fsp3) is 0.333. The van der Waals surface area contributed by atoms with Crippen molar-refractivity contribution in [2.24, 2.45) is 0 Å². The Morgan fingerprint density at radius 2 is 2.33 bits per heavy atom. The van der Waals surface area contributed by atoms with Gasteiger partial charge in [0.25, 0.3) is 0 Å². The van der Waals surface area contributed by atoms with Gasteiger partial charge < -0.3 is 9.64 Å². The number of methoxy groups -OCH3 is 1. The molecule has 0 aliphatic carbocycles. The monoisotopic (exact) mass is 206 g/mol. The summed E-state index contributed by atoms with van der Waals surface area (Å²) in [4.78, 5) is 20.3. The zero-order chi connectivity index (χ0) is 11.3. The minimum absolute atomic E-state index is 0.0943. The average molecular weight is 206 g/mol. The Balaban J connectivity index is 2.70. The molecule has 1 heterocycles. The molecule has 0 atom stereocenters. The molecule has 6 heteroatoms. The number of esters is 1. The number of hydrogen-bond acceptors (Lipinski definition) is 6. The van der Waals surface area contributed by atoms with Crippen molar-refractivity contribution in [1.29, 1.82) is 5.26 Å². The first-order valence-electron chi connectivity index (χ1n) is 4.17. The molecule has 1 aromatic rings. The summed E-state index contributed by atoms with van der Waals surface area (Å²) < 4.78 is 4.51. The smallest absolute Gasteiger partial charge is 0.325 e. The van der Waals surface area contributed by atoms with Crippen molar-refractivity contribution in [3.05, 3.63) is 18.1 Å². The Morgan fingerprint density at radius 1 is 1.60 bits per heavy atom. The van der Waals surface area contributed by atoms with Crippen LogP contribution in [-0.4, -0.2) is 36.6 Å². The molecule has 78 valence electrons. The molecule has 0 saturated heterocycles. The molecule has 0 aliphatic rings. The van der Waals surface area contributed by atoms with E-state index in [1.165, 1.54) is 19.5 Å². The molecule has 0 fully saturated rings. The summed E-state index contributed by atoms with van der Waals surface area (Å²) >= 11 is 0. The summed E-state index contributed by atoms with van der Waals surface area (Å²) in [6, 6.07) is 1.86. The zero-order valence-corrected chi connectivity index (χ0v) is 8.47. The molecular weight excluding hydrogens is 196 g/mol. The van der Waals surface area contributed by atoms with E-state index in [1.807, 2.05) is 6.07 Å². The zero-order valence-electron chi connectivity index (χ0n) is 8.47. The molecule has 0 radical (unpaired) electrons. The number of nitriles is 1. The third-order valence-corrected chi connectivity index (χ3v) is 1.74. The van der Waals surface area contributed by atoms with Crippen molar-refractivity contribution in [2.45, 2.75) is 0 Å². The van der Waals surface area contributed by atoms with Gasteiger partial charge in [0.05, 0.1) is 19.5 Å². The van der Waals surface area contributed by atoms with Gasteiger partial charge >= 0.3 is 5.97 Å². The standard InChI is InChI=1S/C9H10N4O2/c1-13(6-9(14)15-2)8-5-11-7(3-10)4-12-8/h4-5H,6H2,1-2H3. The summed E-state index contributed by atoms with van der Waals surface area (Å²) in [6.45, 7) is 0.0943. The molecule has 0 spiro atoms. The second kappa shape index (κ2) is 4.91. The Hall–Kier alpha value is -2.16. The first kappa shape index (κ1) is 10.9. The molecule has 15 heavy (non-hydrogen) atoms. The van der Waals surface area contributed by atoms with Gasteiger partial charge in [-0.3, -0.25) is 4.79 Å². The number of aromatic nitrogens is 2. The predicted octanol–water partition coefficient (Wildman–Crippen LogP) is -0.0425. The highest BCUT2D eigenvalue weighted by Gasteiger charge is 2.08. The molecule has 0 bridgehead atoms. The van der Waals surface area contributed by atoms with Gasteiger partial charge in [0.2, 0.25) is 0 Å². The van der Waals surface area contributed by atoms with Crippen LogP contribution in [0, 0.1) is 11.3 Å². The summed E-state index contributed by atoms with van der Waals surface area (Å²) in [5.74, 6) is 0.156. The van der Waals surface area contributed by atoms with Gasteiger partial charge in [-0.1, -0.05) is 0 Å². The van der Waals surface area contributed by atoms with Gasteiger partial charge in [0.1, 0.15) is 18.4 Å². The van der Waals surface area contributed by atoms with Gasteiger partial charge in [-0.25, -0.2) is 9.97 Å². The summed E-state index contributed by atoms with van der Waals surface area (Å²) in [6.07, 6.45) is 2.78. The van der Waals surface area contributed by atoms with Crippen LogP contribution in [0.1, 0.15) is 5.69 Å². The third-order valence-electron chi connectivity index (χ3n) is 1.74. The van der Waals surface area contributed by atoms with Crippen LogP contribution in [0.5, 0.6) is 0 Å². The third kappa shape index (κ3) is 2.91. The molecule has 0 N–H and O–H groups in total. The second-order valence-electron chi connectivity index (χ2n) is 2.80. The van der Waals surface area contributed by atoms with Crippen LogP contribution in [0.25, 0.3) is 0 Å². The predicted molar refractivity (Wildman–Crippen MR) is 52.0 cm³/mol. The molecule has 1 rings (SSSR count). The van der Waals surface area contributed by atoms with E-state index in [4.69, 9.17) is 5.26 Å². The van der Waals surface area contributed by atoms with Crippen molar-refractivity contribution >= 4 is 11.8 Å². The van der Waals surface area contributed by atoms with Gasteiger partial charge in [-0.2, -0.15) is 5.26 Å². The van der Waals surface area contributed by atoms with Gasteiger partial charge in [-0.05, 0) is 0 Å². The number of hydrogen-bond donors (Lipinski definition) is 0. The first-order valence-corrected chi connectivity index (χ1v) is 4.17. The Labute approximate surface area is 87.1 Å². The molecule has 0 unspecified atom stereocenters. The maximum Gasteiger partial charge on any atom is 0.325 e. The normalized spacial score (nSPS) is 9.13. The minimum atomic E-state index is -0.358. The fourth-order valence-electron chi connectivity index (χ4n) is 0.915. The van der Waals surface area contributed by atoms with Crippen molar-refractivity contribution in [3.8, 4) is 6.07 Å². The van der Waals surface area contributed by atoms with E-state index in [9.17, 15) is 4.79 Å². The summed E-state index contributed by atoms with van der Waals surface area (Å²) in [5, 5.41) is 8.51. The van der Waals surface area contributed by atoms with Gasteiger partial charge in [0, 0.05) is 7.05 Å². The van der Waals surface area contributed by atoms with E-state index in [0.717, 1.165) is 0 Å². The number of rotatable bonds is 3. The van der Waals surface area contributed by atoms with Crippen LogP contribution in [0.4, 0.5) is 5.82 Å². The van der Waals surface area contributed by atoms with E-state index in [0.29, 0.717) is 5.82 Å². The molecular formula is C9H10N4O2. The van der Waals surface area contributed by atoms with E-state index in [2.05, 4.69) is 14.7 Å². The maximum absolute atomic E-state index is 11.0. The van der Waals surface area contributed by atoms with Crippen LogP contribution in [0.2, 0.25) is 0 Å². The van der Waals surface area contributed by atoms with Crippen LogP contribution < -0.4 is 4.90 Å². The maximum atomic E-state index is 11.0. The fourth-order valence-corrected chi connectivity index (χ4v) is 0.915. The van der Waals surface area contributed by atoms with Crippen molar-refractivity contribution in [3.63, 3.8) is 0 Å². The van der Waals surface area contributed by atoms with Gasteiger partial charge in [0.15, 0.2) is 5.69 Å². The lowest BCUT2D eigenvalue weighted by atomic mass is 10.4. The van der Waals surface area contributed by atoms with Gasteiger partial charge in [-0.15, -0.1) is 0 Å². The van der Waals surface area contributed by atoms with Crippen molar-refractivity contribution in [1.82, 2.24) is 9.97 Å². The molecule has 0 aromatic carbocycles. The molecule has 1 aromatic heterocycles. The van der Waals surface area contributed by atoms with Crippen molar-refractivity contribution in [2.75, 3.05) is 25.6 Å². The number of anilines is 1. The summed E-state index contributed by atoms with van der Waals surface area (Å²) in [5.41, 5.74) is 0.241. The number of likely N-dealkylation sites (N-methyl/N-ethyl adjacent to an activating group) is 1. The topological polar surface area (TPSA) is 79.1 Å². The Kier molecular flexibility index (Phi) is 3.57. The molecule has 6 nitrogen and oxygen atoms in total. The largest absolute Gasteiger partial charge is 0.468 e. The lowest BCUT2D eigenvalue weighted by molar-refractivity contribution is -0.138. The number of carbonyl (C=O) groups is 1. The first-order chi connectivity index (χ1) is 7.17. The van der Waals surface area contributed by atoms with Crippen molar-refractivity contribution < 1.29 is 9.53 Å². The van der Waals surface area contributed by atoms with Crippen LogP contribution in [0.15, 0.2) is 12.4 Å². The lowest BCUT2D eigenvalue weighted by Gasteiger charge is -2.15. The van der Waals surface area contributed by atoms with E-state index >= 15 is 0 Å². The Bertz CT molecular complexity index is 382. The van der Waals surface area contributed by atoms with E-state index in [-0.39, 0.29) is 18.2 Å². The molecule has 0 amide bonds. The number of carbonyl (C=O) groups excluding carboxylic acids is 1. The quantitative estimate of drug-likeness (QED) is 0.645. The lowest BCUT2D eigenvalue weighted by Crippen LogP contribution is -2.27. The average Bonchev–Trinajstić information content (AvgIpc) is 2.29. The number of ether oxygens (including phenoxy) is 1. The Morgan fingerprint density at radius 3 is 2.80 bits per heavy atom. The molecule has 0 saturated carbocycles. The highest BCUT2D eigenvalue weighted by atomic mass is 16.5. The van der Waals surface area contributed by atoms with Crippen LogP contribution in [-0.2, 0) is 9.53 Å². The number of nitrogens with zero attached hydrogens (tertiary/aromatic N) is 4. The molecule has 0 aliphatic heterocycles.